The zero-order valence-electron chi connectivity index (χ0n) is 17.4. The number of aromatic nitrogens is 3. The number of nitriles is 1. The van der Waals surface area contributed by atoms with Crippen LogP contribution in [0.15, 0.2) is 57.1 Å². The van der Waals surface area contributed by atoms with Crippen molar-refractivity contribution in [3.05, 3.63) is 65.0 Å². The molecule has 0 N–H and O–H groups in total. The van der Waals surface area contributed by atoms with E-state index in [2.05, 4.69) is 40.6 Å². The summed E-state index contributed by atoms with van der Waals surface area (Å²) in [7, 11) is 3.58. The lowest BCUT2D eigenvalue weighted by molar-refractivity contribution is -0.753. The van der Waals surface area contributed by atoms with Gasteiger partial charge in [-0.2, -0.15) is 10.3 Å². The lowest BCUT2D eigenvalue weighted by Gasteiger charge is -2.25. The van der Waals surface area contributed by atoms with Crippen molar-refractivity contribution in [1.82, 2.24) is 10.3 Å². The van der Waals surface area contributed by atoms with E-state index in [1.54, 1.807) is 19.1 Å². The Kier molecular flexibility index (Phi) is 6.18. The van der Waals surface area contributed by atoms with Crippen LogP contribution < -0.4 is 14.9 Å². The van der Waals surface area contributed by atoms with Crippen LogP contribution in [0, 0.1) is 11.3 Å². The molecule has 1 aliphatic rings. The van der Waals surface area contributed by atoms with Gasteiger partial charge in [-0.25, -0.2) is 9.98 Å². The number of benzene rings is 1. The Balaban J connectivity index is 1.47. The van der Waals surface area contributed by atoms with E-state index in [0.29, 0.717) is 16.5 Å². The fraction of sp³-hybridized carbons (Fsp3) is 0.318. The van der Waals surface area contributed by atoms with Crippen LogP contribution in [0.4, 0.5) is 5.88 Å². The monoisotopic (exact) mass is 434 g/mol. The van der Waals surface area contributed by atoms with Gasteiger partial charge < -0.3 is 5.11 Å². The van der Waals surface area contributed by atoms with Crippen LogP contribution in [0.1, 0.15) is 34.7 Å². The minimum Gasteiger partial charge on any atom is -0.861 e. The third-order valence-corrected chi connectivity index (χ3v) is 6.14. The molecule has 1 unspecified atom stereocenters. The number of hydrogen-bond donors (Lipinski definition) is 0. The maximum absolute atomic E-state index is 12.2. The molecule has 1 atom stereocenters. The topological polar surface area (TPSA) is 105 Å². The Labute approximate surface area is 184 Å². The fourth-order valence-electron chi connectivity index (χ4n) is 3.60. The Bertz CT molecular complexity index is 1140. The quantitative estimate of drug-likeness (QED) is 0.252. The molecule has 31 heavy (non-hydrogen) atoms. The molecule has 1 aliphatic carbocycles. The summed E-state index contributed by atoms with van der Waals surface area (Å²) in [4.78, 5) is 10.1. The summed E-state index contributed by atoms with van der Waals surface area (Å²) < 4.78 is 5.02. The predicted molar refractivity (Wildman–Crippen MR) is 115 cm³/mol. The van der Waals surface area contributed by atoms with Crippen LogP contribution in [-0.2, 0) is 12.8 Å². The van der Waals surface area contributed by atoms with Gasteiger partial charge in [-0.3, -0.25) is 4.52 Å². The summed E-state index contributed by atoms with van der Waals surface area (Å²) in [6.07, 6.45) is 4.27. The number of pyridine rings is 1. The summed E-state index contributed by atoms with van der Waals surface area (Å²) in [5.74, 6) is 0.257. The first-order chi connectivity index (χ1) is 15.0. The van der Waals surface area contributed by atoms with Crippen LogP contribution in [-0.4, -0.2) is 36.0 Å². The van der Waals surface area contributed by atoms with E-state index in [0.717, 1.165) is 30.5 Å². The number of rotatable bonds is 6. The average molecular weight is 435 g/mol. The highest BCUT2D eigenvalue weighted by molar-refractivity contribution is 7.99. The van der Waals surface area contributed by atoms with Gasteiger partial charge in [-0.15, -0.1) is 0 Å². The SMILES string of the molecule is CN(C)[n+]1cc(/N=C(/[O-])CSc2nc3c(cc2C#N)CC(c2ccccc2)CC3)on1. The Morgan fingerprint density at radius 2 is 2.19 bits per heavy atom. The summed E-state index contributed by atoms with van der Waals surface area (Å²) in [6.45, 7) is 0. The highest BCUT2D eigenvalue weighted by Crippen LogP contribution is 2.34. The number of nitrogens with zero attached hydrogens (tertiary/aromatic N) is 6. The Morgan fingerprint density at radius 3 is 2.90 bits per heavy atom. The van der Waals surface area contributed by atoms with Crippen molar-refractivity contribution in [2.24, 2.45) is 4.99 Å². The van der Waals surface area contributed by atoms with E-state index in [-0.39, 0.29) is 17.5 Å². The van der Waals surface area contributed by atoms with Crippen molar-refractivity contribution < 1.29 is 14.4 Å². The van der Waals surface area contributed by atoms with Gasteiger partial charge in [-0.05, 0) is 48.3 Å². The van der Waals surface area contributed by atoms with Gasteiger partial charge in [0, 0.05) is 11.4 Å². The first kappa shape index (κ1) is 20.9. The van der Waals surface area contributed by atoms with Crippen molar-refractivity contribution >= 4 is 23.5 Å². The first-order valence-corrected chi connectivity index (χ1v) is 10.9. The second-order valence-corrected chi connectivity index (χ2v) is 8.48. The number of hydrogen-bond acceptors (Lipinski definition) is 8. The van der Waals surface area contributed by atoms with E-state index in [1.165, 1.54) is 28.3 Å². The van der Waals surface area contributed by atoms with Gasteiger partial charge in [0.25, 0.3) is 6.20 Å². The predicted octanol–water partition coefficient (Wildman–Crippen LogP) is 1.88. The van der Waals surface area contributed by atoms with Crippen molar-refractivity contribution in [3.8, 4) is 6.07 Å². The number of thioether (sulfide) groups is 1. The number of fused-ring (bicyclic) bond motifs is 1. The van der Waals surface area contributed by atoms with Gasteiger partial charge in [0.05, 0.1) is 24.4 Å². The van der Waals surface area contributed by atoms with Gasteiger partial charge in [0.2, 0.25) is 5.27 Å². The molecule has 0 amide bonds. The Hall–Kier alpha value is -3.38. The molecule has 9 heteroatoms. The molecule has 0 saturated heterocycles. The molecule has 0 saturated carbocycles. The normalized spacial score (nSPS) is 15.9. The van der Waals surface area contributed by atoms with Crippen LogP contribution in [0.25, 0.3) is 0 Å². The maximum atomic E-state index is 12.2. The summed E-state index contributed by atoms with van der Waals surface area (Å²) >= 11 is 1.23. The maximum Gasteiger partial charge on any atom is 0.324 e. The first-order valence-electron chi connectivity index (χ1n) is 9.95. The molecule has 158 valence electrons. The van der Waals surface area contributed by atoms with Crippen LogP contribution in [0.2, 0.25) is 0 Å². The van der Waals surface area contributed by atoms with Crippen molar-refractivity contribution in [2.75, 3.05) is 24.9 Å². The van der Waals surface area contributed by atoms with Gasteiger partial charge in [0.15, 0.2) is 0 Å². The molecular formula is C22H22N6O2S. The van der Waals surface area contributed by atoms with Crippen molar-refractivity contribution in [3.63, 3.8) is 0 Å². The lowest BCUT2D eigenvalue weighted by Crippen LogP contribution is -2.53. The van der Waals surface area contributed by atoms with E-state index < -0.39 is 0 Å². The van der Waals surface area contributed by atoms with E-state index in [9.17, 15) is 10.4 Å². The van der Waals surface area contributed by atoms with Crippen LogP contribution >= 0.6 is 11.8 Å². The highest BCUT2D eigenvalue weighted by atomic mass is 32.2. The van der Waals surface area contributed by atoms with Crippen molar-refractivity contribution in [1.29, 1.82) is 5.26 Å². The molecule has 0 aliphatic heterocycles. The molecule has 4 rings (SSSR count). The van der Waals surface area contributed by atoms with E-state index in [4.69, 9.17) is 9.51 Å². The standard InChI is InChI=1S/C22H22N6O2S/c1-27(2)28-13-21(30-26-28)25-20(29)14-31-22-18(12-23)11-17-10-16(8-9-19(17)24-22)15-6-4-3-5-7-15/h3-7,11,13,16H,8-10,14H2,1-2H3. The van der Waals surface area contributed by atoms with Gasteiger partial charge in [-0.1, -0.05) is 42.1 Å². The zero-order valence-corrected chi connectivity index (χ0v) is 18.2. The largest absolute Gasteiger partial charge is 0.861 e. The van der Waals surface area contributed by atoms with Crippen LogP contribution in [0.3, 0.4) is 0 Å². The van der Waals surface area contributed by atoms with Crippen LogP contribution in [0.5, 0.6) is 0 Å². The zero-order chi connectivity index (χ0) is 21.8. The number of aryl methyl sites for hydroxylation is 1. The molecule has 0 bridgehead atoms. The number of aliphatic imine (C=N–C) groups is 1. The second kappa shape index (κ2) is 9.18. The highest BCUT2D eigenvalue weighted by Gasteiger charge is 2.23. The van der Waals surface area contributed by atoms with E-state index in [1.807, 2.05) is 12.1 Å². The second-order valence-electron chi connectivity index (χ2n) is 7.51. The van der Waals surface area contributed by atoms with E-state index >= 15 is 0 Å². The minimum atomic E-state index is -0.375. The molecule has 3 aromatic rings. The molecule has 0 fully saturated rings. The van der Waals surface area contributed by atoms with Gasteiger partial charge >= 0.3 is 5.88 Å². The molecule has 1 aromatic carbocycles. The summed E-state index contributed by atoms with van der Waals surface area (Å²) in [5, 5.41) is 27.9. The lowest BCUT2D eigenvalue weighted by atomic mass is 9.82. The third-order valence-electron chi connectivity index (χ3n) is 5.16. The minimum absolute atomic E-state index is 0.0652. The Morgan fingerprint density at radius 1 is 1.39 bits per heavy atom. The molecule has 2 aromatic heterocycles. The smallest absolute Gasteiger partial charge is 0.324 e. The van der Waals surface area contributed by atoms with Gasteiger partial charge in [0.1, 0.15) is 11.1 Å². The molecule has 8 nitrogen and oxygen atoms in total. The fourth-order valence-corrected chi connectivity index (χ4v) is 4.36. The van der Waals surface area contributed by atoms with Crippen molar-refractivity contribution in [2.45, 2.75) is 30.2 Å². The molecule has 2 heterocycles. The molecule has 0 radical (unpaired) electrons. The molecular weight excluding hydrogens is 412 g/mol. The summed E-state index contributed by atoms with van der Waals surface area (Å²) in [6, 6.07) is 14.6. The summed E-state index contributed by atoms with van der Waals surface area (Å²) in [5.41, 5.74) is 3.95. The molecule has 0 spiro atoms. The third kappa shape index (κ3) is 4.86. The average Bonchev–Trinajstić information content (AvgIpc) is 3.26.